The number of pyridine rings is 1. The minimum absolute atomic E-state index is 0.875. The van der Waals surface area contributed by atoms with Crippen molar-refractivity contribution in [3.63, 3.8) is 0 Å². The van der Waals surface area contributed by atoms with Crippen LogP contribution in [0.25, 0.3) is 0 Å². The summed E-state index contributed by atoms with van der Waals surface area (Å²) in [4.78, 5) is 8.49. The van der Waals surface area contributed by atoms with E-state index in [-0.39, 0.29) is 0 Å². The van der Waals surface area contributed by atoms with Crippen LogP contribution >= 0.6 is 11.3 Å². The highest BCUT2D eigenvalue weighted by Crippen LogP contribution is 2.05. The minimum Gasteiger partial charge on any atom is -0.370 e. The number of hydrogen-bond donors (Lipinski definition) is 1. The molecule has 1 N–H and O–H groups in total. The van der Waals surface area contributed by atoms with Gasteiger partial charge in [-0.1, -0.05) is 6.07 Å². The third kappa shape index (κ3) is 3.02. The molecule has 0 radical (unpaired) electrons. The Morgan fingerprint density at radius 2 is 2.27 bits per heavy atom. The van der Waals surface area contributed by atoms with E-state index in [4.69, 9.17) is 0 Å². The van der Waals surface area contributed by atoms with E-state index in [9.17, 15) is 0 Å². The van der Waals surface area contributed by atoms with E-state index >= 15 is 0 Å². The summed E-state index contributed by atoms with van der Waals surface area (Å²) in [6, 6.07) is 4.05. The Labute approximate surface area is 93.2 Å². The van der Waals surface area contributed by atoms with Crippen molar-refractivity contribution >= 4 is 17.2 Å². The maximum absolute atomic E-state index is 4.27. The van der Waals surface area contributed by atoms with Crippen molar-refractivity contribution in [1.29, 1.82) is 0 Å². The van der Waals surface area contributed by atoms with E-state index in [2.05, 4.69) is 26.7 Å². The highest BCUT2D eigenvalue weighted by molar-refractivity contribution is 7.07. The molecule has 0 aliphatic heterocycles. The summed E-state index contributed by atoms with van der Waals surface area (Å²) in [5.41, 5.74) is 4.18. The molecule has 2 rings (SSSR count). The van der Waals surface area contributed by atoms with Crippen molar-refractivity contribution in [2.24, 2.45) is 0 Å². The summed E-state index contributed by atoms with van der Waals surface area (Å²) < 4.78 is 0. The number of aromatic nitrogens is 2. The SMILES string of the molecule is Cc1ccc(NCCc2cscn2)nc1. The molecular weight excluding hydrogens is 206 g/mol. The molecule has 0 saturated carbocycles. The number of thiazole rings is 1. The van der Waals surface area contributed by atoms with Gasteiger partial charge in [-0.25, -0.2) is 9.97 Å². The van der Waals surface area contributed by atoms with Crippen LogP contribution in [0.15, 0.2) is 29.2 Å². The molecule has 0 bridgehead atoms. The molecule has 0 aliphatic rings. The van der Waals surface area contributed by atoms with Gasteiger partial charge < -0.3 is 5.32 Å². The van der Waals surface area contributed by atoms with Crippen LogP contribution in [0, 0.1) is 6.92 Å². The van der Waals surface area contributed by atoms with Gasteiger partial charge in [-0.15, -0.1) is 11.3 Å². The fraction of sp³-hybridized carbons (Fsp3) is 0.273. The van der Waals surface area contributed by atoms with Crippen molar-refractivity contribution in [2.45, 2.75) is 13.3 Å². The zero-order valence-corrected chi connectivity index (χ0v) is 9.42. The first-order chi connectivity index (χ1) is 7.34. The van der Waals surface area contributed by atoms with Crippen LogP contribution < -0.4 is 5.32 Å². The molecule has 3 nitrogen and oxygen atoms in total. The smallest absolute Gasteiger partial charge is 0.125 e. The first-order valence-corrected chi connectivity index (χ1v) is 5.82. The van der Waals surface area contributed by atoms with Crippen LogP contribution in [-0.4, -0.2) is 16.5 Å². The standard InChI is InChI=1S/C11H13N3S/c1-9-2-3-11(13-6-9)12-5-4-10-7-15-8-14-10/h2-3,6-8H,4-5H2,1H3,(H,12,13). The Kier molecular flexibility index (Phi) is 3.29. The maximum atomic E-state index is 4.27. The number of aryl methyl sites for hydroxylation is 1. The van der Waals surface area contributed by atoms with Gasteiger partial charge in [0.25, 0.3) is 0 Å². The molecule has 0 saturated heterocycles. The largest absolute Gasteiger partial charge is 0.370 e. The Balaban J connectivity index is 1.81. The molecule has 0 unspecified atom stereocenters. The summed E-state index contributed by atoms with van der Waals surface area (Å²) in [5, 5.41) is 5.34. The molecule has 2 heterocycles. The number of nitrogens with one attached hydrogen (secondary N) is 1. The minimum atomic E-state index is 0.875. The zero-order valence-electron chi connectivity index (χ0n) is 8.60. The summed E-state index contributed by atoms with van der Waals surface area (Å²) in [7, 11) is 0. The van der Waals surface area contributed by atoms with Crippen molar-refractivity contribution in [3.8, 4) is 0 Å². The van der Waals surface area contributed by atoms with Gasteiger partial charge in [0.15, 0.2) is 0 Å². The third-order valence-electron chi connectivity index (χ3n) is 2.08. The summed E-state index contributed by atoms with van der Waals surface area (Å²) in [5.74, 6) is 0.927. The highest BCUT2D eigenvalue weighted by Gasteiger charge is 1.95. The number of hydrogen-bond acceptors (Lipinski definition) is 4. The van der Waals surface area contributed by atoms with Gasteiger partial charge in [0, 0.05) is 24.5 Å². The monoisotopic (exact) mass is 219 g/mol. The molecule has 0 aromatic carbocycles. The van der Waals surface area contributed by atoms with Crippen LogP contribution in [0.4, 0.5) is 5.82 Å². The van der Waals surface area contributed by atoms with E-state index in [0.29, 0.717) is 0 Å². The Morgan fingerprint density at radius 1 is 1.33 bits per heavy atom. The van der Waals surface area contributed by atoms with Crippen LogP contribution in [0.5, 0.6) is 0 Å². The molecule has 0 amide bonds. The lowest BCUT2D eigenvalue weighted by molar-refractivity contribution is 0.967. The molecule has 0 fully saturated rings. The third-order valence-corrected chi connectivity index (χ3v) is 2.72. The van der Waals surface area contributed by atoms with Crippen LogP contribution in [0.1, 0.15) is 11.3 Å². The normalized spacial score (nSPS) is 10.2. The molecular formula is C11H13N3S. The zero-order chi connectivity index (χ0) is 10.5. The van der Waals surface area contributed by atoms with E-state index in [0.717, 1.165) is 24.5 Å². The van der Waals surface area contributed by atoms with Crippen LogP contribution in [0.2, 0.25) is 0 Å². The van der Waals surface area contributed by atoms with E-state index in [1.54, 1.807) is 11.3 Å². The van der Waals surface area contributed by atoms with Crippen molar-refractivity contribution < 1.29 is 0 Å². The summed E-state index contributed by atoms with van der Waals surface area (Å²) >= 11 is 1.63. The van der Waals surface area contributed by atoms with Gasteiger partial charge in [-0.2, -0.15) is 0 Å². The number of nitrogens with zero attached hydrogens (tertiary/aromatic N) is 2. The summed E-state index contributed by atoms with van der Waals surface area (Å²) in [6.45, 7) is 2.91. The van der Waals surface area contributed by atoms with Crippen molar-refractivity contribution in [1.82, 2.24) is 9.97 Å². The first kappa shape index (κ1) is 10.1. The fourth-order valence-corrected chi connectivity index (χ4v) is 1.84. The fourth-order valence-electron chi connectivity index (χ4n) is 1.25. The maximum Gasteiger partial charge on any atom is 0.125 e. The Morgan fingerprint density at radius 3 is 2.93 bits per heavy atom. The van der Waals surface area contributed by atoms with Gasteiger partial charge in [0.05, 0.1) is 11.2 Å². The molecule has 0 atom stereocenters. The quantitative estimate of drug-likeness (QED) is 0.858. The van der Waals surface area contributed by atoms with E-state index in [1.807, 2.05) is 24.7 Å². The highest BCUT2D eigenvalue weighted by atomic mass is 32.1. The molecule has 15 heavy (non-hydrogen) atoms. The lowest BCUT2D eigenvalue weighted by atomic mass is 10.3. The predicted octanol–water partition coefficient (Wildman–Crippen LogP) is 2.50. The van der Waals surface area contributed by atoms with Crippen molar-refractivity contribution in [3.05, 3.63) is 40.5 Å². The second kappa shape index (κ2) is 4.89. The summed E-state index contributed by atoms with van der Waals surface area (Å²) in [6.07, 6.45) is 2.81. The lowest BCUT2D eigenvalue weighted by Gasteiger charge is -2.03. The number of anilines is 1. The topological polar surface area (TPSA) is 37.8 Å². The lowest BCUT2D eigenvalue weighted by Crippen LogP contribution is -2.06. The van der Waals surface area contributed by atoms with E-state index < -0.39 is 0 Å². The number of rotatable bonds is 4. The molecule has 4 heteroatoms. The van der Waals surface area contributed by atoms with Gasteiger partial charge in [0.1, 0.15) is 5.82 Å². The van der Waals surface area contributed by atoms with Crippen molar-refractivity contribution in [2.75, 3.05) is 11.9 Å². The first-order valence-electron chi connectivity index (χ1n) is 4.88. The van der Waals surface area contributed by atoms with Gasteiger partial charge in [-0.05, 0) is 18.6 Å². The second-order valence-electron chi connectivity index (χ2n) is 3.38. The molecule has 0 spiro atoms. The van der Waals surface area contributed by atoms with Crippen LogP contribution in [0.3, 0.4) is 0 Å². The van der Waals surface area contributed by atoms with Gasteiger partial charge in [0.2, 0.25) is 0 Å². The average Bonchev–Trinajstić information content (AvgIpc) is 2.74. The average molecular weight is 219 g/mol. The molecule has 2 aromatic heterocycles. The Hall–Kier alpha value is -1.42. The predicted molar refractivity (Wildman–Crippen MR) is 63.3 cm³/mol. The van der Waals surface area contributed by atoms with E-state index in [1.165, 1.54) is 5.56 Å². The van der Waals surface area contributed by atoms with Gasteiger partial charge in [-0.3, -0.25) is 0 Å². The molecule has 0 aliphatic carbocycles. The second-order valence-corrected chi connectivity index (χ2v) is 4.10. The molecule has 2 aromatic rings. The Bertz CT molecular complexity index is 394. The molecule has 78 valence electrons. The van der Waals surface area contributed by atoms with Crippen LogP contribution in [-0.2, 0) is 6.42 Å². The van der Waals surface area contributed by atoms with Gasteiger partial charge >= 0.3 is 0 Å².